The quantitative estimate of drug-likeness (QED) is 0.820. The summed E-state index contributed by atoms with van der Waals surface area (Å²) in [5.41, 5.74) is 0.858. The number of ether oxygens (including phenoxy) is 1. The second-order valence-corrected chi connectivity index (χ2v) is 4.05. The number of nitrogens with zero attached hydrogens (tertiary/aromatic N) is 3. The first-order chi connectivity index (χ1) is 8.56. The summed E-state index contributed by atoms with van der Waals surface area (Å²) in [7, 11) is 3.48. The fraction of sp³-hybridized carbons (Fsp3) is 0.583. The van der Waals surface area contributed by atoms with Gasteiger partial charge in [0, 0.05) is 27.1 Å². The fourth-order valence-electron chi connectivity index (χ4n) is 1.41. The number of aromatic nitrogens is 2. The van der Waals surface area contributed by atoms with Gasteiger partial charge in [-0.25, -0.2) is 9.97 Å². The van der Waals surface area contributed by atoms with E-state index in [2.05, 4.69) is 15.3 Å². The number of hydrogen-bond acceptors (Lipinski definition) is 5. The Bertz CT molecular complexity index is 407. The highest BCUT2D eigenvalue weighted by Crippen LogP contribution is 2.19. The molecular weight excluding hydrogens is 232 g/mol. The predicted octanol–water partition coefficient (Wildman–Crippen LogP) is 1.07. The highest BCUT2D eigenvalue weighted by molar-refractivity contribution is 5.76. The second-order valence-electron chi connectivity index (χ2n) is 4.05. The van der Waals surface area contributed by atoms with Crippen LogP contribution in [0.1, 0.15) is 18.9 Å². The lowest BCUT2D eigenvalue weighted by Crippen LogP contribution is -2.24. The van der Waals surface area contributed by atoms with E-state index in [1.165, 1.54) is 6.33 Å². The smallest absolute Gasteiger partial charge is 0.223 e. The Balaban J connectivity index is 2.57. The van der Waals surface area contributed by atoms with Gasteiger partial charge in [0.2, 0.25) is 11.8 Å². The molecule has 0 atom stereocenters. The molecule has 0 saturated heterocycles. The van der Waals surface area contributed by atoms with E-state index in [-0.39, 0.29) is 5.91 Å². The summed E-state index contributed by atoms with van der Waals surface area (Å²) in [6.07, 6.45) is 1.88. The van der Waals surface area contributed by atoms with Crippen LogP contribution in [0.4, 0.5) is 5.82 Å². The molecule has 0 aliphatic rings. The van der Waals surface area contributed by atoms with Gasteiger partial charge in [-0.05, 0) is 13.8 Å². The molecule has 0 fully saturated rings. The van der Waals surface area contributed by atoms with Crippen molar-refractivity contribution >= 4 is 11.7 Å². The molecule has 0 aromatic carbocycles. The zero-order valence-corrected chi connectivity index (χ0v) is 11.4. The van der Waals surface area contributed by atoms with Crippen LogP contribution < -0.4 is 10.1 Å². The molecule has 0 spiro atoms. The molecule has 0 aliphatic heterocycles. The topological polar surface area (TPSA) is 67.4 Å². The number of anilines is 1. The highest BCUT2D eigenvalue weighted by Gasteiger charge is 2.08. The largest absolute Gasteiger partial charge is 0.478 e. The van der Waals surface area contributed by atoms with Gasteiger partial charge in [-0.1, -0.05) is 0 Å². The van der Waals surface area contributed by atoms with Crippen LogP contribution in [0.2, 0.25) is 0 Å². The van der Waals surface area contributed by atoms with E-state index in [1.807, 2.05) is 13.8 Å². The van der Waals surface area contributed by atoms with E-state index in [4.69, 9.17) is 4.74 Å². The average Bonchev–Trinajstić information content (AvgIpc) is 2.33. The third-order valence-corrected chi connectivity index (χ3v) is 2.45. The van der Waals surface area contributed by atoms with Crippen molar-refractivity contribution in [3.05, 3.63) is 11.9 Å². The highest BCUT2D eigenvalue weighted by atomic mass is 16.5. The number of rotatable bonds is 6. The minimum absolute atomic E-state index is 0.0826. The van der Waals surface area contributed by atoms with Crippen molar-refractivity contribution in [1.82, 2.24) is 14.9 Å². The maximum absolute atomic E-state index is 11.4. The number of hydrogen-bond donors (Lipinski definition) is 1. The Kier molecular flexibility index (Phi) is 5.35. The van der Waals surface area contributed by atoms with E-state index >= 15 is 0 Å². The van der Waals surface area contributed by atoms with Gasteiger partial charge in [0.15, 0.2) is 0 Å². The van der Waals surface area contributed by atoms with Crippen LogP contribution in [0.15, 0.2) is 6.33 Å². The summed E-state index contributed by atoms with van der Waals surface area (Å²) in [5.74, 6) is 1.37. The Hall–Kier alpha value is -1.85. The number of carbonyl (C=O) groups is 1. The van der Waals surface area contributed by atoms with Gasteiger partial charge in [0.05, 0.1) is 12.2 Å². The molecule has 1 aromatic rings. The lowest BCUT2D eigenvalue weighted by Gasteiger charge is -2.13. The summed E-state index contributed by atoms with van der Waals surface area (Å²) in [4.78, 5) is 21.2. The lowest BCUT2D eigenvalue weighted by atomic mass is 10.3. The van der Waals surface area contributed by atoms with E-state index < -0.39 is 0 Å². The summed E-state index contributed by atoms with van der Waals surface area (Å²) >= 11 is 0. The van der Waals surface area contributed by atoms with Gasteiger partial charge < -0.3 is 15.0 Å². The maximum atomic E-state index is 11.4. The number of amides is 1. The normalized spacial score (nSPS) is 10.0. The Labute approximate surface area is 107 Å². The van der Waals surface area contributed by atoms with Gasteiger partial charge in [-0.15, -0.1) is 0 Å². The minimum atomic E-state index is 0.0826. The van der Waals surface area contributed by atoms with Crippen molar-refractivity contribution in [1.29, 1.82) is 0 Å². The molecule has 1 amide bonds. The first-order valence-corrected chi connectivity index (χ1v) is 5.94. The third kappa shape index (κ3) is 3.87. The predicted molar refractivity (Wildman–Crippen MR) is 69.7 cm³/mol. The molecule has 0 radical (unpaired) electrons. The van der Waals surface area contributed by atoms with Crippen molar-refractivity contribution < 1.29 is 9.53 Å². The molecule has 6 heteroatoms. The minimum Gasteiger partial charge on any atom is -0.478 e. The van der Waals surface area contributed by atoms with Crippen LogP contribution in [0.3, 0.4) is 0 Å². The average molecular weight is 252 g/mol. The van der Waals surface area contributed by atoms with Crippen molar-refractivity contribution in [3.63, 3.8) is 0 Å². The summed E-state index contributed by atoms with van der Waals surface area (Å²) in [6, 6.07) is 0. The molecule has 1 N–H and O–H groups in total. The van der Waals surface area contributed by atoms with Crippen molar-refractivity contribution in [2.75, 3.05) is 32.6 Å². The number of nitrogens with one attached hydrogen (secondary N) is 1. The van der Waals surface area contributed by atoms with Crippen molar-refractivity contribution in [2.45, 2.75) is 20.3 Å². The van der Waals surface area contributed by atoms with Crippen LogP contribution >= 0.6 is 0 Å². The zero-order valence-electron chi connectivity index (χ0n) is 11.4. The molecule has 0 bridgehead atoms. The Morgan fingerprint density at radius 3 is 2.78 bits per heavy atom. The molecule has 1 rings (SSSR count). The van der Waals surface area contributed by atoms with Crippen molar-refractivity contribution in [2.24, 2.45) is 0 Å². The van der Waals surface area contributed by atoms with Gasteiger partial charge in [0.1, 0.15) is 12.1 Å². The SMILES string of the molecule is CCOc1ncnc(NCCC(=O)N(C)C)c1C. The van der Waals surface area contributed by atoms with Gasteiger partial charge >= 0.3 is 0 Å². The lowest BCUT2D eigenvalue weighted by molar-refractivity contribution is -0.128. The standard InChI is InChI=1S/C12H20N4O2/c1-5-18-12-9(2)11(14-8-15-12)13-7-6-10(17)16(3)4/h8H,5-7H2,1-4H3,(H,13,14,15). The molecule has 18 heavy (non-hydrogen) atoms. The van der Waals surface area contributed by atoms with Crippen LogP contribution in [-0.4, -0.2) is 48.0 Å². The molecule has 0 aliphatic carbocycles. The van der Waals surface area contributed by atoms with E-state index in [9.17, 15) is 4.79 Å². The third-order valence-electron chi connectivity index (χ3n) is 2.45. The van der Waals surface area contributed by atoms with Gasteiger partial charge in [-0.2, -0.15) is 0 Å². The maximum Gasteiger partial charge on any atom is 0.223 e. The van der Waals surface area contributed by atoms with Crippen LogP contribution in [-0.2, 0) is 4.79 Å². The molecule has 0 unspecified atom stereocenters. The van der Waals surface area contributed by atoms with E-state index in [1.54, 1.807) is 19.0 Å². The zero-order chi connectivity index (χ0) is 13.5. The molecule has 1 aromatic heterocycles. The van der Waals surface area contributed by atoms with E-state index in [0.717, 1.165) is 5.56 Å². The Morgan fingerprint density at radius 2 is 2.17 bits per heavy atom. The molecule has 6 nitrogen and oxygen atoms in total. The molecule has 1 heterocycles. The van der Waals surface area contributed by atoms with Crippen LogP contribution in [0.25, 0.3) is 0 Å². The van der Waals surface area contributed by atoms with Gasteiger partial charge in [0.25, 0.3) is 0 Å². The van der Waals surface area contributed by atoms with Crippen molar-refractivity contribution in [3.8, 4) is 5.88 Å². The van der Waals surface area contributed by atoms with E-state index in [0.29, 0.717) is 31.3 Å². The Morgan fingerprint density at radius 1 is 1.44 bits per heavy atom. The fourth-order valence-corrected chi connectivity index (χ4v) is 1.41. The van der Waals surface area contributed by atoms with Gasteiger partial charge in [-0.3, -0.25) is 4.79 Å². The molecule has 0 saturated carbocycles. The summed E-state index contributed by atoms with van der Waals surface area (Å²) in [6.45, 7) is 4.91. The second kappa shape index (κ2) is 6.78. The monoisotopic (exact) mass is 252 g/mol. The molecule has 100 valence electrons. The van der Waals surface area contributed by atoms with Crippen LogP contribution in [0, 0.1) is 6.92 Å². The number of carbonyl (C=O) groups excluding carboxylic acids is 1. The first-order valence-electron chi connectivity index (χ1n) is 5.94. The molecular formula is C12H20N4O2. The van der Waals surface area contributed by atoms with Crippen LogP contribution in [0.5, 0.6) is 5.88 Å². The summed E-state index contributed by atoms with van der Waals surface area (Å²) < 4.78 is 5.38. The summed E-state index contributed by atoms with van der Waals surface area (Å²) in [5, 5.41) is 3.12. The first kappa shape index (κ1) is 14.2.